The molecule has 1 N–H and O–H groups in total. The first-order chi connectivity index (χ1) is 17.5. The van der Waals surface area contributed by atoms with Crippen LogP contribution in [0.1, 0.15) is 73.3 Å². The summed E-state index contributed by atoms with van der Waals surface area (Å²) in [6, 6.07) is 15.7. The monoisotopic (exact) mass is 502 g/mol. The first kappa shape index (κ1) is 23.1. The summed E-state index contributed by atoms with van der Waals surface area (Å²) in [6.07, 6.45) is 7.88. The quantitative estimate of drug-likeness (QED) is 0.486. The van der Waals surface area contributed by atoms with Gasteiger partial charge >= 0.3 is 0 Å². The predicted octanol–water partition coefficient (Wildman–Crippen LogP) is 5.44. The van der Waals surface area contributed by atoms with E-state index in [1.807, 2.05) is 35.2 Å². The summed E-state index contributed by atoms with van der Waals surface area (Å²) in [5.74, 6) is 0.0605. The van der Waals surface area contributed by atoms with Crippen LogP contribution in [0, 0.1) is 11.3 Å². The molecule has 6 rings (SSSR count). The fourth-order valence-corrected chi connectivity index (χ4v) is 6.85. The third-order valence-corrected chi connectivity index (χ3v) is 9.70. The topological polar surface area (TPSA) is 95.2 Å². The number of carbonyl (C=O) groups excluding carboxylic acids is 1. The molecule has 2 aromatic carbocycles. The maximum absolute atomic E-state index is 13.2. The number of aromatic nitrogens is 1. The lowest BCUT2D eigenvalue weighted by Crippen LogP contribution is -2.35. The maximum atomic E-state index is 13.2. The number of piperidine rings is 1. The van der Waals surface area contributed by atoms with Crippen molar-refractivity contribution in [2.75, 3.05) is 17.8 Å². The molecule has 0 radical (unpaired) electrons. The SMILES string of the molecule is N#Cc1c(-c2ccc(NS(=O)(=O)C3CC3)cc2)n(C2CCC2)c2cc(C(=O)N3CCCCC3)ccc12. The lowest BCUT2D eigenvalue weighted by Gasteiger charge is -2.30. The van der Waals surface area contributed by atoms with Crippen LogP contribution in [0.2, 0.25) is 0 Å². The molecule has 0 bridgehead atoms. The molecule has 3 fully saturated rings. The van der Waals surface area contributed by atoms with E-state index >= 15 is 0 Å². The van der Waals surface area contributed by atoms with Gasteiger partial charge in [0.05, 0.1) is 22.0 Å². The maximum Gasteiger partial charge on any atom is 0.253 e. The van der Waals surface area contributed by atoms with Gasteiger partial charge in [-0.25, -0.2) is 8.42 Å². The molecular weight excluding hydrogens is 472 g/mol. The summed E-state index contributed by atoms with van der Waals surface area (Å²) >= 11 is 0. The Morgan fingerprint density at radius 1 is 0.944 bits per heavy atom. The molecule has 186 valence electrons. The molecule has 1 amide bonds. The van der Waals surface area contributed by atoms with Crippen LogP contribution in [-0.2, 0) is 10.0 Å². The zero-order valence-electron chi connectivity index (χ0n) is 20.2. The van der Waals surface area contributed by atoms with E-state index in [1.54, 1.807) is 12.1 Å². The number of likely N-dealkylation sites (tertiary alicyclic amines) is 1. The number of sulfonamides is 1. The smallest absolute Gasteiger partial charge is 0.253 e. The van der Waals surface area contributed by atoms with E-state index in [-0.39, 0.29) is 17.2 Å². The van der Waals surface area contributed by atoms with E-state index in [9.17, 15) is 18.5 Å². The number of hydrogen-bond donors (Lipinski definition) is 1. The predicted molar refractivity (Wildman–Crippen MR) is 140 cm³/mol. The van der Waals surface area contributed by atoms with Crippen molar-refractivity contribution in [1.82, 2.24) is 9.47 Å². The van der Waals surface area contributed by atoms with Crippen LogP contribution in [0.3, 0.4) is 0 Å². The average Bonchev–Trinajstić information content (AvgIpc) is 3.68. The summed E-state index contributed by atoms with van der Waals surface area (Å²) in [5, 5.41) is 10.8. The Balaban J connectivity index is 1.42. The number of anilines is 1. The van der Waals surface area contributed by atoms with E-state index in [0.29, 0.717) is 29.7 Å². The Labute approximate surface area is 211 Å². The molecule has 2 saturated carbocycles. The minimum atomic E-state index is -3.33. The van der Waals surface area contributed by atoms with Crippen molar-refractivity contribution < 1.29 is 13.2 Å². The second kappa shape index (κ2) is 8.97. The zero-order chi connectivity index (χ0) is 24.9. The minimum Gasteiger partial charge on any atom is -0.339 e. The van der Waals surface area contributed by atoms with E-state index < -0.39 is 10.0 Å². The Bertz CT molecular complexity index is 1470. The first-order valence-electron chi connectivity index (χ1n) is 13.0. The van der Waals surface area contributed by atoms with E-state index in [0.717, 1.165) is 67.4 Å². The number of nitriles is 1. The molecule has 0 spiro atoms. The summed E-state index contributed by atoms with van der Waals surface area (Å²) in [4.78, 5) is 15.2. The van der Waals surface area contributed by atoms with Crippen molar-refractivity contribution in [3.63, 3.8) is 0 Å². The number of amides is 1. The molecule has 0 atom stereocenters. The van der Waals surface area contributed by atoms with Crippen LogP contribution >= 0.6 is 0 Å². The van der Waals surface area contributed by atoms with Crippen molar-refractivity contribution in [3.8, 4) is 17.3 Å². The third kappa shape index (κ3) is 4.05. The van der Waals surface area contributed by atoms with Crippen molar-refractivity contribution in [3.05, 3.63) is 53.6 Å². The summed E-state index contributed by atoms with van der Waals surface area (Å²) in [7, 11) is -3.33. The summed E-state index contributed by atoms with van der Waals surface area (Å²) < 4.78 is 29.6. The van der Waals surface area contributed by atoms with Crippen LogP contribution in [0.25, 0.3) is 22.2 Å². The van der Waals surface area contributed by atoms with Gasteiger partial charge in [0.2, 0.25) is 10.0 Å². The first-order valence-corrected chi connectivity index (χ1v) is 14.5. The second-order valence-corrected chi connectivity index (χ2v) is 12.3. The molecule has 1 saturated heterocycles. The molecule has 7 nitrogen and oxygen atoms in total. The fraction of sp³-hybridized carbons (Fsp3) is 0.429. The number of hydrogen-bond acceptors (Lipinski definition) is 4. The number of fused-ring (bicyclic) bond motifs is 1. The van der Waals surface area contributed by atoms with Crippen LogP contribution in [0.4, 0.5) is 5.69 Å². The molecular formula is C28H30N4O3S. The van der Waals surface area contributed by atoms with Crippen molar-refractivity contribution in [1.29, 1.82) is 5.26 Å². The highest BCUT2D eigenvalue weighted by Crippen LogP contribution is 2.43. The highest BCUT2D eigenvalue weighted by atomic mass is 32.2. The number of nitrogens with zero attached hydrogens (tertiary/aromatic N) is 3. The number of rotatable bonds is 6. The highest BCUT2D eigenvalue weighted by Gasteiger charge is 2.35. The molecule has 0 unspecified atom stereocenters. The lowest BCUT2D eigenvalue weighted by atomic mass is 9.92. The van der Waals surface area contributed by atoms with Gasteiger partial charge in [0.1, 0.15) is 6.07 Å². The third-order valence-electron chi connectivity index (χ3n) is 7.83. The highest BCUT2D eigenvalue weighted by molar-refractivity contribution is 7.93. The van der Waals surface area contributed by atoms with Crippen molar-refractivity contribution in [2.45, 2.75) is 62.7 Å². The Morgan fingerprint density at radius 2 is 1.67 bits per heavy atom. The van der Waals surface area contributed by atoms with Gasteiger partial charge in [-0.2, -0.15) is 5.26 Å². The van der Waals surface area contributed by atoms with E-state index in [2.05, 4.69) is 15.4 Å². The molecule has 3 aliphatic rings. The van der Waals surface area contributed by atoms with Crippen LogP contribution < -0.4 is 4.72 Å². The van der Waals surface area contributed by atoms with E-state index in [4.69, 9.17) is 0 Å². The van der Waals surface area contributed by atoms with Crippen LogP contribution in [0.5, 0.6) is 0 Å². The normalized spacial score (nSPS) is 18.6. The molecule has 8 heteroatoms. The molecule has 2 aliphatic carbocycles. The van der Waals surface area contributed by atoms with Crippen molar-refractivity contribution in [2.24, 2.45) is 0 Å². The van der Waals surface area contributed by atoms with Gasteiger partial charge in [0.25, 0.3) is 5.91 Å². The van der Waals surface area contributed by atoms with Gasteiger partial charge in [-0.15, -0.1) is 0 Å². The molecule has 3 aromatic rings. The molecule has 1 aliphatic heterocycles. The Kier molecular flexibility index (Phi) is 5.76. The van der Waals surface area contributed by atoms with E-state index in [1.165, 1.54) is 6.42 Å². The summed E-state index contributed by atoms with van der Waals surface area (Å²) in [6.45, 7) is 1.60. The lowest BCUT2D eigenvalue weighted by molar-refractivity contribution is 0.0724. The minimum absolute atomic E-state index is 0.0605. The van der Waals surface area contributed by atoms with Crippen molar-refractivity contribution >= 4 is 32.5 Å². The standard InChI is InChI=1S/C28H30N4O3S/c29-18-25-24-14-9-20(28(33)31-15-2-1-3-16-31)17-26(24)32(22-5-4-6-22)27(25)19-7-10-21(11-8-19)30-36(34,35)23-12-13-23/h7-11,14,17,22-23,30H,1-6,12-13,15-16H2. The number of carbonyl (C=O) groups is 1. The van der Waals surface area contributed by atoms with Gasteiger partial charge in [0.15, 0.2) is 0 Å². The average molecular weight is 503 g/mol. The number of nitrogens with one attached hydrogen (secondary N) is 1. The second-order valence-electron chi connectivity index (χ2n) is 10.3. The Morgan fingerprint density at radius 3 is 2.28 bits per heavy atom. The van der Waals surface area contributed by atoms with Crippen LogP contribution in [0.15, 0.2) is 42.5 Å². The van der Waals surface area contributed by atoms with Gasteiger partial charge < -0.3 is 9.47 Å². The Hall–Kier alpha value is -3.31. The van der Waals surface area contributed by atoms with Gasteiger partial charge in [-0.1, -0.05) is 18.2 Å². The van der Waals surface area contributed by atoms with Gasteiger partial charge in [0, 0.05) is 35.8 Å². The molecule has 1 aromatic heterocycles. The van der Waals surface area contributed by atoms with Gasteiger partial charge in [-0.05, 0) is 81.2 Å². The zero-order valence-corrected chi connectivity index (χ0v) is 21.1. The largest absolute Gasteiger partial charge is 0.339 e. The van der Waals surface area contributed by atoms with Crippen LogP contribution in [-0.4, -0.2) is 42.1 Å². The molecule has 36 heavy (non-hydrogen) atoms. The molecule has 2 heterocycles. The summed E-state index contributed by atoms with van der Waals surface area (Å²) in [5.41, 5.74) is 4.44. The fourth-order valence-electron chi connectivity index (χ4n) is 5.47. The number of benzene rings is 2. The van der Waals surface area contributed by atoms with Gasteiger partial charge in [-0.3, -0.25) is 9.52 Å².